The second-order valence-electron chi connectivity index (χ2n) is 6.38. The molecule has 0 bridgehead atoms. The zero-order chi connectivity index (χ0) is 16.8. The van der Waals surface area contributed by atoms with Gasteiger partial charge >= 0.3 is 0 Å². The fourth-order valence-electron chi connectivity index (χ4n) is 3.55. The Morgan fingerprint density at radius 1 is 1.08 bits per heavy atom. The Bertz CT molecular complexity index is 589. The molecule has 2 N–H and O–H groups in total. The van der Waals surface area contributed by atoms with Gasteiger partial charge in [-0.25, -0.2) is 0 Å². The molecule has 1 saturated heterocycles. The van der Waals surface area contributed by atoms with E-state index in [0.29, 0.717) is 6.54 Å². The van der Waals surface area contributed by atoms with Gasteiger partial charge in [-0.15, -0.1) is 6.58 Å². The number of aliphatic hydroxyl groups is 1. The van der Waals surface area contributed by atoms with Crippen LogP contribution in [-0.4, -0.2) is 41.8 Å². The molecule has 126 valence electrons. The van der Waals surface area contributed by atoms with Gasteiger partial charge in [-0.1, -0.05) is 66.7 Å². The number of rotatable bonds is 6. The topological polar surface area (TPSA) is 35.5 Å². The van der Waals surface area contributed by atoms with Gasteiger partial charge in [0, 0.05) is 25.7 Å². The summed E-state index contributed by atoms with van der Waals surface area (Å²) in [6.45, 7) is 6.11. The number of piperidine rings is 1. The van der Waals surface area contributed by atoms with Crippen molar-refractivity contribution in [3.05, 3.63) is 84.4 Å². The first kappa shape index (κ1) is 16.9. The van der Waals surface area contributed by atoms with E-state index in [1.807, 2.05) is 18.2 Å². The Morgan fingerprint density at radius 2 is 1.67 bits per heavy atom. The van der Waals surface area contributed by atoms with Crippen molar-refractivity contribution in [3.63, 3.8) is 0 Å². The van der Waals surface area contributed by atoms with Gasteiger partial charge in [-0.3, -0.25) is 4.90 Å². The molecule has 0 radical (unpaired) electrons. The molecule has 1 aliphatic heterocycles. The van der Waals surface area contributed by atoms with Gasteiger partial charge in [0.2, 0.25) is 0 Å². The average Bonchev–Trinajstić information content (AvgIpc) is 2.63. The highest BCUT2D eigenvalue weighted by Crippen LogP contribution is 2.31. The maximum absolute atomic E-state index is 10.6. The van der Waals surface area contributed by atoms with Gasteiger partial charge in [0.05, 0.1) is 12.1 Å². The summed E-state index contributed by atoms with van der Waals surface area (Å²) in [4.78, 5) is 2.39. The van der Waals surface area contributed by atoms with Crippen LogP contribution in [-0.2, 0) is 0 Å². The predicted molar refractivity (Wildman–Crippen MR) is 98.9 cm³/mol. The van der Waals surface area contributed by atoms with Gasteiger partial charge < -0.3 is 10.4 Å². The highest BCUT2D eigenvalue weighted by atomic mass is 16.3. The molecule has 0 aromatic heterocycles. The van der Waals surface area contributed by atoms with E-state index in [1.165, 1.54) is 11.1 Å². The van der Waals surface area contributed by atoms with Crippen molar-refractivity contribution in [2.24, 2.45) is 0 Å². The van der Waals surface area contributed by atoms with E-state index in [0.717, 1.165) is 19.5 Å². The first-order valence-electron chi connectivity index (χ1n) is 8.66. The second kappa shape index (κ2) is 8.25. The third-order valence-corrected chi connectivity index (χ3v) is 4.73. The van der Waals surface area contributed by atoms with Crippen molar-refractivity contribution in [2.75, 3.05) is 19.6 Å². The van der Waals surface area contributed by atoms with Crippen LogP contribution >= 0.6 is 0 Å². The Morgan fingerprint density at radius 3 is 2.17 bits per heavy atom. The van der Waals surface area contributed by atoms with Crippen molar-refractivity contribution < 1.29 is 5.11 Å². The van der Waals surface area contributed by atoms with E-state index in [-0.39, 0.29) is 18.2 Å². The summed E-state index contributed by atoms with van der Waals surface area (Å²) in [7, 11) is 0. The van der Waals surface area contributed by atoms with Gasteiger partial charge in [0.1, 0.15) is 0 Å². The molecule has 3 heteroatoms. The van der Waals surface area contributed by atoms with E-state index < -0.39 is 0 Å². The molecular formula is C21H26N2O. The fraction of sp³-hybridized carbons (Fsp3) is 0.333. The third kappa shape index (κ3) is 3.93. The van der Waals surface area contributed by atoms with Crippen molar-refractivity contribution in [2.45, 2.75) is 24.6 Å². The van der Waals surface area contributed by atoms with E-state index in [4.69, 9.17) is 0 Å². The lowest BCUT2D eigenvalue weighted by Gasteiger charge is -2.41. The Balaban J connectivity index is 1.81. The van der Waals surface area contributed by atoms with E-state index in [1.54, 1.807) is 0 Å². The van der Waals surface area contributed by atoms with Crippen LogP contribution in [0.15, 0.2) is 73.3 Å². The van der Waals surface area contributed by atoms with Crippen LogP contribution in [0, 0.1) is 0 Å². The monoisotopic (exact) mass is 322 g/mol. The summed E-state index contributed by atoms with van der Waals surface area (Å²) in [5, 5.41) is 13.9. The Labute approximate surface area is 144 Å². The van der Waals surface area contributed by atoms with Crippen LogP contribution < -0.4 is 5.32 Å². The Hall–Kier alpha value is -1.94. The summed E-state index contributed by atoms with van der Waals surface area (Å²) >= 11 is 0. The summed E-state index contributed by atoms with van der Waals surface area (Å²) in [5.41, 5.74) is 2.54. The first-order valence-corrected chi connectivity index (χ1v) is 8.66. The highest BCUT2D eigenvalue weighted by Gasteiger charge is 2.32. The number of likely N-dealkylation sites (tertiary alicyclic amines) is 1. The first-order chi connectivity index (χ1) is 11.8. The van der Waals surface area contributed by atoms with Crippen LogP contribution in [0.3, 0.4) is 0 Å². The van der Waals surface area contributed by atoms with Crippen molar-refractivity contribution in [1.82, 2.24) is 10.2 Å². The molecule has 1 aliphatic rings. The lowest BCUT2D eigenvalue weighted by atomic mass is 9.93. The van der Waals surface area contributed by atoms with E-state index in [9.17, 15) is 5.11 Å². The lowest BCUT2D eigenvalue weighted by Crippen LogP contribution is -2.53. The number of nitrogens with zero attached hydrogens (tertiary/aromatic N) is 1. The van der Waals surface area contributed by atoms with Crippen molar-refractivity contribution >= 4 is 0 Å². The van der Waals surface area contributed by atoms with Crippen LogP contribution in [0.25, 0.3) is 0 Å². The summed E-state index contributed by atoms with van der Waals surface area (Å²) in [6, 6.07) is 21.4. The lowest BCUT2D eigenvalue weighted by molar-refractivity contribution is 0.0286. The number of nitrogens with one attached hydrogen (secondary N) is 1. The quantitative estimate of drug-likeness (QED) is 0.803. The molecular weight excluding hydrogens is 296 g/mol. The van der Waals surface area contributed by atoms with E-state index >= 15 is 0 Å². The van der Waals surface area contributed by atoms with E-state index in [2.05, 4.69) is 65.3 Å². The summed E-state index contributed by atoms with van der Waals surface area (Å²) in [5.74, 6) is 0. The average molecular weight is 322 g/mol. The van der Waals surface area contributed by atoms with Crippen LogP contribution in [0.4, 0.5) is 0 Å². The third-order valence-electron chi connectivity index (χ3n) is 4.73. The molecule has 0 aliphatic carbocycles. The second-order valence-corrected chi connectivity index (χ2v) is 6.38. The molecule has 2 aromatic carbocycles. The predicted octanol–water partition coefficient (Wildman–Crippen LogP) is 2.99. The minimum atomic E-state index is -0.367. The minimum absolute atomic E-state index is 0.145. The smallest absolute Gasteiger partial charge is 0.0820 e. The number of hydrogen-bond donors (Lipinski definition) is 2. The molecule has 24 heavy (non-hydrogen) atoms. The van der Waals surface area contributed by atoms with Gasteiger partial charge in [-0.05, 0) is 17.5 Å². The summed E-state index contributed by atoms with van der Waals surface area (Å²) in [6.07, 6.45) is 2.41. The van der Waals surface area contributed by atoms with Crippen molar-refractivity contribution in [1.29, 1.82) is 0 Å². The molecule has 1 fully saturated rings. The highest BCUT2D eigenvalue weighted by molar-refractivity contribution is 5.32. The molecule has 0 amide bonds. The van der Waals surface area contributed by atoms with Crippen LogP contribution in [0.2, 0.25) is 0 Å². The number of β-amino-alcohol motifs (C(OH)–C–C–N with tert-alkyl or cyclic N) is 1. The molecule has 1 heterocycles. The van der Waals surface area contributed by atoms with Crippen LogP contribution in [0.5, 0.6) is 0 Å². The molecule has 3 rings (SSSR count). The minimum Gasteiger partial charge on any atom is -0.390 e. The molecule has 3 nitrogen and oxygen atoms in total. The van der Waals surface area contributed by atoms with Gasteiger partial charge in [0.15, 0.2) is 0 Å². The zero-order valence-electron chi connectivity index (χ0n) is 14.0. The van der Waals surface area contributed by atoms with Gasteiger partial charge in [-0.2, -0.15) is 0 Å². The SMILES string of the molecule is C=CCN[C@@H]1CCN(C(c2ccccc2)c2ccccc2)C[C@H]1O. The molecule has 0 saturated carbocycles. The molecule has 0 unspecified atom stereocenters. The number of benzene rings is 2. The molecule has 0 spiro atoms. The maximum Gasteiger partial charge on any atom is 0.0820 e. The van der Waals surface area contributed by atoms with Gasteiger partial charge in [0.25, 0.3) is 0 Å². The molecule has 2 aromatic rings. The van der Waals surface area contributed by atoms with Crippen LogP contribution in [0.1, 0.15) is 23.6 Å². The maximum atomic E-state index is 10.6. The van der Waals surface area contributed by atoms with Crippen molar-refractivity contribution in [3.8, 4) is 0 Å². The normalized spacial score (nSPS) is 21.8. The zero-order valence-corrected chi connectivity index (χ0v) is 14.0. The number of hydrogen-bond acceptors (Lipinski definition) is 3. The largest absolute Gasteiger partial charge is 0.390 e. The fourth-order valence-corrected chi connectivity index (χ4v) is 3.55. The summed E-state index contributed by atoms with van der Waals surface area (Å²) < 4.78 is 0. The standard InChI is InChI=1S/C21H26N2O/c1-2-14-22-19-13-15-23(16-20(19)24)21(17-9-5-3-6-10-17)18-11-7-4-8-12-18/h2-12,19-22,24H,1,13-16H2/t19-,20-/m1/s1. The number of aliphatic hydroxyl groups excluding tert-OH is 1. The molecule has 2 atom stereocenters. The Kier molecular flexibility index (Phi) is 5.81.